The SMILES string of the molecule is OC1(CNC2CC=CCC2)CCCC1. The molecule has 0 aromatic heterocycles. The number of aliphatic hydroxyl groups is 1. The summed E-state index contributed by atoms with van der Waals surface area (Å²) in [6.07, 6.45) is 12.4. The van der Waals surface area contributed by atoms with Crippen molar-refractivity contribution >= 4 is 0 Å². The number of hydrogen-bond acceptors (Lipinski definition) is 2. The second kappa shape index (κ2) is 4.45. The Labute approximate surface area is 86.4 Å². The van der Waals surface area contributed by atoms with Crippen LogP contribution in [0.3, 0.4) is 0 Å². The van der Waals surface area contributed by atoms with Gasteiger partial charge in [0.25, 0.3) is 0 Å². The maximum Gasteiger partial charge on any atom is 0.0771 e. The summed E-state index contributed by atoms with van der Waals surface area (Å²) in [5.74, 6) is 0. The van der Waals surface area contributed by atoms with Crippen molar-refractivity contribution in [2.75, 3.05) is 6.54 Å². The highest BCUT2D eigenvalue weighted by molar-refractivity contribution is 4.95. The number of hydrogen-bond donors (Lipinski definition) is 2. The maximum absolute atomic E-state index is 10.1. The number of rotatable bonds is 3. The van der Waals surface area contributed by atoms with Crippen molar-refractivity contribution < 1.29 is 5.11 Å². The Morgan fingerprint density at radius 3 is 2.71 bits per heavy atom. The Bertz CT molecular complexity index is 206. The highest BCUT2D eigenvalue weighted by Crippen LogP contribution is 2.29. The largest absolute Gasteiger partial charge is 0.389 e. The van der Waals surface area contributed by atoms with Crippen LogP contribution >= 0.6 is 0 Å². The predicted molar refractivity (Wildman–Crippen MR) is 58.2 cm³/mol. The molecule has 0 aromatic carbocycles. The van der Waals surface area contributed by atoms with Crippen LogP contribution in [0.2, 0.25) is 0 Å². The first kappa shape index (κ1) is 10.2. The second-order valence-electron chi connectivity index (χ2n) is 4.79. The quantitative estimate of drug-likeness (QED) is 0.675. The molecule has 0 radical (unpaired) electrons. The Kier molecular flexibility index (Phi) is 3.24. The van der Waals surface area contributed by atoms with E-state index in [-0.39, 0.29) is 5.60 Å². The summed E-state index contributed by atoms with van der Waals surface area (Å²) in [5.41, 5.74) is -0.388. The van der Waals surface area contributed by atoms with E-state index in [2.05, 4.69) is 17.5 Å². The molecule has 80 valence electrons. The van der Waals surface area contributed by atoms with Gasteiger partial charge in [-0.25, -0.2) is 0 Å². The lowest BCUT2D eigenvalue weighted by Gasteiger charge is -2.27. The van der Waals surface area contributed by atoms with Gasteiger partial charge in [0.15, 0.2) is 0 Å². The van der Waals surface area contributed by atoms with Crippen molar-refractivity contribution in [3.63, 3.8) is 0 Å². The van der Waals surface area contributed by atoms with Crippen molar-refractivity contribution in [1.29, 1.82) is 0 Å². The molecule has 2 rings (SSSR count). The Morgan fingerprint density at radius 1 is 1.29 bits per heavy atom. The van der Waals surface area contributed by atoms with E-state index in [1.807, 2.05) is 0 Å². The zero-order chi connectivity index (χ0) is 9.86. The summed E-state index contributed by atoms with van der Waals surface area (Å²) >= 11 is 0. The topological polar surface area (TPSA) is 32.3 Å². The molecule has 0 aromatic rings. The average Bonchev–Trinajstić information content (AvgIpc) is 2.65. The third kappa shape index (κ3) is 2.58. The lowest BCUT2D eigenvalue weighted by Crippen LogP contribution is -2.43. The molecule has 0 heterocycles. The second-order valence-corrected chi connectivity index (χ2v) is 4.79. The lowest BCUT2D eigenvalue weighted by atomic mass is 9.98. The molecule has 0 amide bonds. The fraction of sp³-hybridized carbons (Fsp3) is 0.833. The molecular weight excluding hydrogens is 174 g/mol. The highest BCUT2D eigenvalue weighted by atomic mass is 16.3. The first-order valence-electron chi connectivity index (χ1n) is 5.89. The molecule has 2 N–H and O–H groups in total. The summed E-state index contributed by atoms with van der Waals surface area (Å²) in [4.78, 5) is 0. The fourth-order valence-electron chi connectivity index (χ4n) is 2.52. The van der Waals surface area contributed by atoms with Crippen molar-refractivity contribution in [2.45, 2.75) is 56.6 Å². The molecule has 2 heteroatoms. The molecule has 1 fully saturated rings. The molecular formula is C12H21NO. The first-order valence-corrected chi connectivity index (χ1v) is 5.89. The van der Waals surface area contributed by atoms with Crippen LogP contribution in [-0.2, 0) is 0 Å². The van der Waals surface area contributed by atoms with Gasteiger partial charge in [-0.15, -0.1) is 0 Å². The third-order valence-electron chi connectivity index (χ3n) is 3.52. The zero-order valence-electron chi connectivity index (χ0n) is 8.84. The molecule has 2 nitrogen and oxygen atoms in total. The predicted octanol–water partition coefficient (Wildman–Crippen LogP) is 1.99. The number of allylic oxidation sites excluding steroid dienone is 1. The molecule has 14 heavy (non-hydrogen) atoms. The summed E-state index contributed by atoms with van der Waals surface area (Å²) in [6.45, 7) is 0.797. The molecule has 1 atom stereocenters. The van der Waals surface area contributed by atoms with Gasteiger partial charge < -0.3 is 10.4 Å². The van der Waals surface area contributed by atoms with Crippen LogP contribution in [0.4, 0.5) is 0 Å². The van der Waals surface area contributed by atoms with Crippen molar-refractivity contribution in [3.8, 4) is 0 Å². The standard InChI is InChI=1S/C12H21NO/c14-12(8-4-5-9-12)10-13-11-6-2-1-3-7-11/h1-2,11,13-14H,3-10H2. The van der Waals surface area contributed by atoms with Crippen LogP contribution in [-0.4, -0.2) is 23.3 Å². The van der Waals surface area contributed by atoms with Crippen molar-refractivity contribution in [2.24, 2.45) is 0 Å². The molecule has 1 saturated carbocycles. The Hall–Kier alpha value is -0.340. The van der Waals surface area contributed by atoms with Crippen LogP contribution in [0.1, 0.15) is 44.9 Å². The first-order chi connectivity index (χ1) is 6.79. The van der Waals surface area contributed by atoms with E-state index in [0.29, 0.717) is 6.04 Å². The molecule has 1 unspecified atom stereocenters. The molecule has 0 aliphatic heterocycles. The Balaban J connectivity index is 1.73. The van der Waals surface area contributed by atoms with E-state index in [1.165, 1.54) is 25.7 Å². The highest BCUT2D eigenvalue weighted by Gasteiger charge is 2.31. The lowest BCUT2D eigenvalue weighted by molar-refractivity contribution is 0.0445. The third-order valence-corrected chi connectivity index (χ3v) is 3.52. The average molecular weight is 195 g/mol. The molecule has 2 aliphatic rings. The van der Waals surface area contributed by atoms with Gasteiger partial charge in [-0.1, -0.05) is 25.0 Å². The maximum atomic E-state index is 10.1. The minimum absolute atomic E-state index is 0.388. The summed E-state index contributed by atoms with van der Waals surface area (Å²) < 4.78 is 0. The van der Waals surface area contributed by atoms with E-state index in [9.17, 15) is 5.11 Å². The molecule has 2 aliphatic carbocycles. The molecule has 0 saturated heterocycles. The van der Waals surface area contributed by atoms with Crippen molar-refractivity contribution in [1.82, 2.24) is 5.32 Å². The number of nitrogens with one attached hydrogen (secondary N) is 1. The fourth-order valence-corrected chi connectivity index (χ4v) is 2.52. The van der Waals surface area contributed by atoms with Gasteiger partial charge in [0, 0.05) is 12.6 Å². The van der Waals surface area contributed by atoms with Gasteiger partial charge in [0.1, 0.15) is 0 Å². The zero-order valence-corrected chi connectivity index (χ0v) is 8.84. The van der Waals surface area contributed by atoms with Crippen LogP contribution in [0, 0.1) is 0 Å². The van der Waals surface area contributed by atoms with E-state index in [4.69, 9.17) is 0 Å². The summed E-state index contributed by atoms with van der Waals surface area (Å²) in [6, 6.07) is 0.602. The van der Waals surface area contributed by atoms with E-state index in [1.54, 1.807) is 0 Å². The van der Waals surface area contributed by atoms with Crippen LogP contribution in [0.5, 0.6) is 0 Å². The van der Waals surface area contributed by atoms with Crippen LogP contribution in [0.25, 0.3) is 0 Å². The van der Waals surface area contributed by atoms with E-state index in [0.717, 1.165) is 25.8 Å². The van der Waals surface area contributed by atoms with Crippen molar-refractivity contribution in [3.05, 3.63) is 12.2 Å². The summed E-state index contributed by atoms with van der Waals surface area (Å²) in [7, 11) is 0. The van der Waals surface area contributed by atoms with Gasteiger partial charge in [0.2, 0.25) is 0 Å². The van der Waals surface area contributed by atoms with Crippen LogP contribution in [0.15, 0.2) is 12.2 Å². The minimum Gasteiger partial charge on any atom is -0.389 e. The molecule has 0 spiro atoms. The normalized spacial score (nSPS) is 30.8. The monoisotopic (exact) mass is 195 g/mol. The van der Waals surface area contributed by atoms with E-state index >= 15 is 0 Å². The smallest absolute Gasteiger partial charge is 0.0771 e. The van der Waals surface area contributed by atoms with Gasteiger partial charge in [0.05, 0.1) is 5.60 Å². The minimum atomic E-state index is -0.388. The summed E-state index contributed by atoms with van der Waals surface area (Å²) in [5, 5.41) is 13.6. The van der Waals surface area contributed by atoms with Gasteiger partial charge in [-0.05, 0) is 32.1 Å². The van der Waals surface area contributed by atoms with Gasteiger partial charge >= 0.3 is 0 Å². The van der Waals surface area contributed by atoms with Crippen LogP contribution < -0.4 is 5.32 Å². The Morgan fingerprint density at radius 2 is 2.07 bits per heavy atom. The van der Waals surface area contributed by atoms with E-state index < -0.39 is 0 Å². The molecule has 0 bridgehead atoms. The van der Waals surface area contributed by atoms with Gasteiger partial charge in [-0.3, -0.25) is 0 Å². The van der Waals surface area contributed by atoms with Gasteiger partial charge in [-0.2, -0.15) is 0 Å².